The van der Waals surface area contributed by atoms with Gasteiger partial charge in [-0.3, -0.25) is 10.1 Å². The first kappa shape index (κ1) is 13.4. The highest BCUT2D eigenvalue weighted by Crippen LogP contribution is 2.36. The van der Waals surface area contributed by atoms with E-state index in [1.807, 2.05) is 0 Å². The average Bonchev–Trinajstić information content (AvgIpc) is 3.10. The van der Waals surface area contributed by atoms with Crippen LogP contribution in [0.5, 0.6) is 5.75 Å². The third-order valence-corrected chi connectivity index (χ3v) is 4.04. The number of carbonyl (C=O) groups is 1. The van der Waals surface area contributed by atoms with Crippen LogP contribution in [0.2, 0.25) is 0 Å². The largest absolute Gasteiger partial charge is 0.490 e. The lowest BCUT2D eigenvalue weighted by atomic mass is 9.97. The number of carboxylic acid groups (broad SMARTS) is 1. The highest BCUT2D eigenvalue weighted by atomic mass is 19.1. The van der Waals surface area contributed by atoms with E-state index in [1.165, 1.54) is 12.1 Å². The van der Waals surface area contributed by atoms with Crippen molar-refractivity contribution < 1.29 is 19.0 Å². The van der Waals surface area contributed by atoms with E-state index in [0.717, 1.165) is 12.8 Å². The number of aliphatic carboxylic acids is 1. The first-order chi connectivity index (χ1) is 9.57. The summed E-state index contributed by atoms with van der Waals surface area (Å²) in [5, 5.41) is 12.7. The van der Waals surface area contributed by atoms with Gasteiger partial charge in [-0.05, 0) is 37.8 Å². The molecule has 5 heteroatoms. The molecule has 0 spiro atoms. The molecule has 1 aromatic rings. The van der Waals surface area contributed by atoms with Gasteiger partial charge in [0.25, 0.3) is 0 Å². The first-order valence-corrected chi connectivity index (χ1v) is 7.01. The van der Waals surface area contributed by atoms with Crippen molar-refractivity contribution in [2.45, 2.75) is 49.8 Å². The molecule has 2 fully saturated rings. The second kappa shape index (κ2) is 5.05. The fourth-order valence-electron chi connectivity index (χ4n) is 2.84. The molecule has 0 heterocycles. The van der Waals surface area contributed by atoms with Crippen molar-refractivity contribution in [3.63, 3.8) is 0 Å². The van der Waals surface area contributed by atoms with Gasteiger partial charge in [-0.25, -0.2) is 4.39 Å². The summed E-state index contributed by atoms with van der Waals surface area (Å²) in [5.74, 6) is -0.696. The maximum Gasteiger partial charge on any atom is 0.324 e. The van der Waals surface area contributed by atoms with Crippen LogP contribution in [0, 0.1) is 5.82 Å². The van der Waals surface area contributed by atoms with Gasteiger partial charge in [-0.2, -0.15) is 0 Å². The maximum atomic E-state index is 13.1. The Morgan fingerprint density at radius 3 is 2.85 bits per heavy atom. The summed E-state index contributed by atoms with van der Waals surface area (Å²) in [7, 11) is 0. The number of carboxylic acids is 1. The Balaban J connectivity index is 1.66. The molecule has 2 aliphatic carbocycles. The number of hydrogen-bond acceptors (Lipinski definition) is 3. The highest BCUT2D eigenvalue weighted by molar-refractivity contribution is 5.79. The van der Waals surface area contributed by atoms with Crippen LogP contribution in [0.3, 0.4) is 0 Å². The molecule has 2 N–H and O–H groups in total. The zero-order valence-electron chi connectivity index (χ0n) is 11.1. The molecular formula is C15H18FNO3. The monoisotopic (exact) mass is 279 g/mol. The average molecular weight is 279 g/mol. The van der Waals surface area contributed by atoms with Crippen LogP contribution in [0.15, 0.2) is 24.3 Å². The van der Waals surface area contributed by atoms with E-state index in [9.17, 15) is 14.3 Å². The summed E-state index contributed by atoms with van der Waals surface area (Å²) in [6, 6.07) is 6.30. The second-order valence-electron chi connectivity index (χ2n) is 5.75. The fourth-order valence-corrected chi connectivity index (χ4v) is 2.84. The smallest absolute Gasteiger partial charge is 0.324 e. The second-order valence-corrected chi connectivity index (χ2v) is 5.75. The van der Waals surface area contributed by atoms with Gasteiger partial charge >= 0.3 is 5.97 Å². The number of halogens is 1. The summed E-state index contributed by atoms with van der Waals surface area (Å²) in [4.78, 5) is 11.6. The summed E-state index contributed by atoms with van der Waals surface area (Å²) in [6.45, 7) is 0. The van der Waals surface area contributed by atoms with Crippen molar-refractivity contribution in [2.24, 2.45) is 0 Å². The van der Waals surface area contributed by atoms with Gasteiger partial charge in [0.1, 0.15) is 23.2 Å². The molecule has 2 saturated carbocycles. The summed E-state index contributed by atoms with van der Waals surface area (Å²) in [6.07, 6.45) is 3.56. The summed E-state index contributed by atoms with van der Waals surface area (Å²) >= 11 is 0. The third kappa shape index (κ3) is 2.77. The Morgan fingerprint density at radius 2 is 2.20 bits per heavy atom. The van der Waals surface area contributed by atoms with Crippen LogP contribution in [0.4, 0.5) is 4.39 Å². The molecular weight excluding hydrogens is 261 g/mol. The Morgan fingerprint density at radius 1 is 1.40 bits per heavy atom. The molecule has 0 amide bonds. The van der Waals surface area contributed by atoms with Gasteiger partial charge < -0.3 is 9.84 Å². The fraction of sp³-hybridized carbons (Fsp3) is 0.533. The number of nitrogens with one attached hydrogen (secondary N) is 1. The molecule has 2 atom stereocenters. The van der Waals surface area contributed by atoms with E-state index in [4.69, 9.17) is 4.74 Å². The lowest BCUT2D eigenvalue weighted by molar-refractivity contribution is -0.145. The topological polar surface area (TPSA) is 58.6 Å². The normalized spacial score (nSPS) is 29.4. The van der Waals surface area contributed by atoms with E-state index >= 15 is 0 Å². The Labute approximate surface area is 116 Å². The third-order valence-electron chi connectivity index (χ3n) is 4.04. The van der Waals surface area contributed by atoms with Crippen LogP contribution in [0.1, 0.15) is 32.1 Å². The standard InChI is InChI=1S/C15H18FNO3/c16-10-2-1-3-12(8-10)20-13-6-7-15(9-13,14(18)19)17-11-4-5-11/h1-3,8,11,13,17H,4-7,9H2,(H,18,19). The van der Waals surface area contributed by atoms with Gasteiger partial charge in [-0.1, -0.05) is 6.07 Å². The molecule has 108 valence electrons. The van der Waals surface area contributed by atoms with Crippen LogP contribution < -0.4 is 10.1 Å². The minimum Gasteiger partial charge on any atom is -0.490 e. The van der Waals surface area contributed by atoms with Gasteiger partial charge in [0.05, 0.1) is 0 Å². The number of benzene rings is 1. The lowest BCUT2D eigenvalue weighted by Crippen LogP contribution is -2.51. The maximum absolute atomic E-state index is 13.1. The van der Waals surface area contributed by atoms with Gasteiger partial charge in [-0.15, -0.1) is 0 Å². The molecule has 0 bridgehead atoms. The van der Waals surface area contributed by atoms with E-state index in [-0.39, 0.29) is 11.9 Å². The summed E-state index contributed by atoms with van der Waals surface area (Å²) in [5.41, 5.74) is -0.876. The van der Waals surface area contributed by atoms with Gasteiger partial charge in [0.15, 0.2) is 0 Å². The Hall–Kier alpha value is -1.62. The SMILES string of the molecule is O=C(O)C1(NC2CC2)CCC(Oc2cccc(F)c2)C1. The quantitative estimate of drug-likeness (QED) is 0.868. The minimum absolute atomic E-state index is 0.181. The van der Waals surface area contributed by atoms with E-state index in [1.54, 1.807) is 12.1 Å². The minimum atomic E-state index is -0.876. The zero-order valence-corrected chi connectivity index (χ0v) is 11.1. The molecule has 1 aromatic carbocycles. The molecule has 4 nitrogen and oxygen atoms in total. The molecule has 0 saturated heterocycles. The molecule has 0 aromatic heterocycles. The van der Waals surface area contributed by atoms with Crippen molar-refractivity contribution in [3.05, 3.63) is 30.1 Å². The van der Waals surface area contributed by atoms with Crippen molar-refractivity contribution in [3.8, 4) is 5.75 Å². The van der Waals surface area contributed by atoms with E-state index in [0.29, 0.717) is 31.1 Å². The first-order valence-electron chi connectivity index (χ1n) is 7.01. The Bertz CT molecular complexity index is 518. The summed E-state index contributed by atoms with van der Waals surface area (Å²) < 4.78 is 18.8. The van der Waals surface area contributed by atoms with Crippen molar-refractivity contribution >= 4 is 5.97 Å². The molecule has 20 heavy (non-hydrogen) atoms. The highest BCUT2D eigenvalue weighted by Gasteiger charge is 2.48. The zero-order chi connectivity index (χ0) is 14.2. The van der Waals surface area contributed by atoms with Gasteiger partial charge in [0.2, 0.25) is 0 Å². The molecule has 3 rings (SSSR count). The van der Waals surface area contributed by atoms with Crippen LogP contribution in [0.25, 0.3) is 0 Å². The van der Waals surface area contributed by atoms with Crippen molar-refractivity contribution in [1.29, 1.82) is 0 Å². The molecule has 0 aliphatic heterocycles. The Kier molecular flexibility index (Phi) is 3.38. The molecule has 2 unspecified atom stereocenters. The predicted octanol–water partition coefficient (Wildman–Crippen LogP) is 2.33. The molecule has 0 radical (unpaired) electrons. The number of hydrogen-bond donors (Lipinski definition) is 2. The number of ether oxygens (including phenoxy) is 1. The van der Waals surface area contributed by atoms with E-state index < -0.39 is 11.5 Å². The van der Waals surface area contributed by atoms with Crippen LogP contribution in [-0.4, -0.2) is 28.8 Å². The molecule has 2 aliphatic rings. The van der Waals surface area contributed by atoms with Gasteiger partial charge in [0, 0.05) is 18.5 Å². The van der Waals surface area contributed by atoms with Crippen molar-refractivity contribution in [1.82, 2.24) is 5.32 Å². The van der Waals surface area contributed by atoms with Crippen LogP contribution >= 0.6 is 0 Å². The van der Waals surface area contributed by atoms with E-state index in [2.05, 4.69) is 5.32 Å². The lowest BCUT2D eigenvalue weighted by Gasteiger charge is -2.26. The van der Waals surface area contributed by atoms with Crippen LogP contribution in [-0.2, 0) is 4.79 Å². The van der Waals surface area contributed by atoms with Crippen molar-refractivity contribution in [2.75, 3.05) is 0 Å². The predicted molar refractivity (Wildman–Crippen MR) is 71.2 cm³/mol. The number of rotatable bonds is 5.